The molecule has 0 bridgehead atoms. The molecule has 2 heterocycles. The van der Waals surface area contributed by atoms with Gasteiger partial charge in [0, 0.05) is 36.4 Å². The van der Waals surface area contributed by atoms with Gasteiger partial charge in [-0.2, -0.15) is 0 Å². The Kier molecular flexibility index (Phi) is 7.65. The van der Waals surface area contributed by atoms with Gasteiger partial charge < -0.3 is 24.4 Å². The van der Waals surface area contributed by atoms with Gasteiger partial charge in [-0.25, -0.2) is 4.98 Å². The SMILES string of the molecule is COc1cc(C(=O)NCc2ccnc(N3CCOCC3)c2)ccc1OCc1ccc(Cl)cc1. The summed E-state index contributed by atoms with van der Waals surface area (Å²) in [6.45, 7) is 3.79. The minimum Gasteiger partial charge on any atom is -0.493 e. The van der Waals surface area contributed by atoms with Crippen LogP contribution in [0.25, 0.3) is 0 Å². The van der Waals surface area contributed by atoms with Gasteiger partial charge in [-0.05, 0) is 53.6 Å². The molecule has 1 aliphatic heterocycles. The van der Waals surface area contributed by atoms with Crippen molar-refractivity contribution in [3.05, 3.63) is 82.5 Å². The molecule has 1 aliphatic rings. The maximum absolute atomic E-state index is 12.7. The van der Waals surface area contributed by atoms with Crippen LogP contribution in [0, 0.1) is 0 Å². The Morgan fingerprint density at radius 3 is 2.61 bits per heavy atom. The van der Waals surface area contributed by atoms with Crippen molar-refractivity contribution in [1.82, 2.24) is 10.3 Å². The van der Waals surface area contributed by atoms with Gasteiger partial charge in [-0.1, -0.05) is 23.7 Å². The van der Waals surface area contributed by atoms with Crippen LogP contribution in [0.1, 0.15) is 21.5 Å². The molecule has 1 aromatic heterocycles. The molecule has 7 nitrogen and oxygen atoms in total. The van der Waals surface area contributed by atoms with Crippen molar-refractivity contribution in [2.75, 3.05) is 38.3 Å². The van der Waals surface area contributed by atoms with Crippen molar-refractivity contribution in [2.24, 2.45) is 0 Å². The Bertz CT molecular complexity index is 1090. The quantitative estimate of drug-likeness (QED) is 0.538. The van der Waals surface area contributed by atoms with E-state index in [1.165, 1.54) is 0 Å². The lowest BCUT2D eigenvalue weighted by Gasteiger charge is -2.28. The number of rotatable bonds is 8. The molecule has 0 spiro atoms. The monoisotopic (exact) mass is 467 g/mol. The summed E-state index contributed by atoms with van der Waals surface area (Å²) in [5.74, 6) is 1.76. The van der Waals surface area contributed by atoms with Crippen molar-refractivity contribution >= 4 is 23.3 Å². The largest absolute Gasteiger partial charge is 0.493 e. The van der Waals surface area contributed by atoms with E-state index in [0.29, 0.717) is 48.5 Å². The summed E-state index contributed by atoms with van der Waals surface area (Å²) in [5.41, 5.74) is 2.46. The number of morpholine rings is 1. The molecule has 0 unspecified atom stereocenters. The van der Waals surface area contributed by atoms with Crippen LogP contribution in [0.5, 0.6) is 11.5 Å². The molecule has 3 aromatic rings. The number of anilines is 1. The fourth-order valence-electron chi connectivity index (χ4n) is 3.49. The van der Waals surface area contributed by atoms with Crippen LogP contribution < -0.4 is 19.7 Å². The number of carbonyl (C=O) groups is 1. The Morgan fingerprint density at radius 2 is 1.85 bits per heavy atom. The Balaban J connectivity index is 1.36. The smallest absolute Gasteiger partial charge is 0.251 e. The number of hydrogen-bond donors (Lipinski definition) is 1. The van der Waals surface area contributed by atoms with Gasteiger partial charge in [0.25, 0.3) is 5.91 Å². The van der Waals surface area contributed by atoms with Crippen LogP contribution in [-0.2, 0) is 17.9 Å². The third-order valence-corrected chi connectivity index (χ3v) is 5.58. The van der Waals surface area contributed by atoms with Crippen LogP contribution in [0.2, 0.25) is 5.02 Å². The van der Waals surface area contributed by atoms with Crippen LogP contribution >= 0.6 is 11.6 Å². The van der Waals surface area contributed by atoms with Crippen LogP contribution in [0.4, 0.5) is 5.82 Å². The third kappa shape index (κ3) is 6.15. The summed E-state index contributed by atoms with van der Waals surface area (Å²) in [6.07, 6.45) is 1.77. The molecule has 1 amide bonds. The second kappa shape index (κ2) is 11.0. The lowest BCUT2D eigenvalue weighted by molar-refractivity contribution is 0.0950. The van der Waals surface area contributed by atoms with Crippen LogP contribution in [0.15, 0.2) is 60.8 Å². The maximum Gasteiger partial charge on any atom is 0.251 e. The van der Waals surface area contributed by atoms with E-state index in [0.717, 1.165) is 30.0 Å². The van der Waals surface area contributed by atoms with Crippen molar-refractivity contribution in [3.8, 4) is 11.5 Å². The number of methoxy groups -OCH3 is 1. The molecule has 1 N–H and O–H groups in total. The van der Waals surface area contributed by atoms with E-state index in [2.05, 4.69) is 15.2 Å². The summed E-state index contributed by atoms with van der Waals surface area (Å²) in [5, 5.41) is 3.64. The average Bonchev–Trinajstić information content (AvgIpc) is 2.87. The highest BCUT2D eigenvalue weighted by Gasteiger charge is 2.14. The molecule has 8 heteroatoms. The fourth-order valence-corrected chi connectivity index (χ4v) is 3.62. The highest BCUT2D eigenvalue weighted by molar-refractivity contribution is 6.30. The molecule has 0 aliphatic carbocycles. The number of amides is 1. The van der Waals surface area contributed by atoms with Crippen molar-refractivity contribution in [3.63, 3.8) is 0 Å². The van der Waals surface area contributed by atoms with Gasteiger partial charge in [0.1, 0.15) is 12.4 Å². The number of nitrogens with one attached hydrogen (secondary N) is 1. The average molecular weight is 468 g/mol. The number of aromatic nitrogens is 1. The summed E-state index contributed by atoms with van der Waals surface area (Å²) in [4.78, 5) is 19.4. The summed E-state index contributed by atoms with van der Waals surface area (Å²) in [6, 6.07) is 16.5. The maximum atomic E-state index is 12.7. The van der Waals surface area contributed by atoms with E-state index >= 15 is 0 Å². The topological polar surface area (TPSA) is 72.9 Å². The molecule has 0 radical (unpaired) electrons. The highest BCUT2D eigenvalue weighted by Crippen LogP contribution is 2.29. The standard InChI is InChI=1S/C25H26ClN3O4/c1-31-23-15-20(4-7-22(23)33-17-18-2-5-21(26)6-3-18)25(30)28-16-19-8-9-27-24(14-19)29-10-12-32-13-11-29/h2-9,14-15H,10-13,16-17H2,1H3,(H,28,30). The number of hydrogen-bond acceptors (Lipinski definition) is 6. The minimum atomic E-state index is -0.192. The number of ether oxygens (including phenoxy) is 3. The molecule has 172 valence electrons. The Hall–Kier alpha value is -3.29. The van der Waals surface area contributed by atoms with Crippen molar-refractivity contribution in [2.45, 2.75) is 13.2 Å². The second-order valence-corrected chi connectivity index (χ2v) is 8.02. The van der Waals surface area contributed by atoms with E-state index < -0.39 is 0 Å². The predicted molar refractivity (Wildman–Crippen MR) is 127 cm³/mol. The molecular weight excluding hydrogens is 442 g/mol. The van der Waals surface area contributed by atoms with E-state index in [9.17, 15) is 4.79 Å². The zero-order valence-corrected chi connectivity index (χ0v) is 19.2. The zero-order chi connectivity index (χ0) is 23.0. The fraction of sp³-hybridized carbons (Fsp3) is 0.280. The van der Waals surface area contributed by atoms with Crippen LogP contribution in [0.3, 0.4) is 0 Å². The van der Waals surface area contributed by atoms with E-state index in [1.54, 1.807) is 31.5 Å². The Morgan fingerprint density at radius 1 is 1.06 bits per heavy atom. The first-order valence-corrected chi connectivity index (χ1v) is 11.1. The van der Waals surface area contributed by atoms with E-state index in [1.807, 2.05) is 36.4 Å². The van der Waals surface area contributed by atoms with E-state index in [4.69, 9.17) is 25.8 Å². The molecule has 4 rings (SSSR count). The normalized spacial score (nSPS) is 13.5. The molecule has 1 fully saturated rings. The molecule has 2 aromatic carbocycles. The van der Waals surface area contributed by atoms with Gasteiger partial charge in [-0.15, -0.1) is 0 Å². The second-order valence-electron chi connectivity index (χ2n) is 7.59. The van der Waals surface area contributed by atoms with E-state index in [-0.39, 0.29) is 5.91 Å². The summed E-state index contributed by atoms with van der Waals surface area (Å²) in [7, 11) is 1.55. The highest BCUT2D eigenvalue weighted by atomic mass is 35.5. The predicted octanol–water partition coefficient (Wildman–Crippen LogP) is 4.09. The molecule has 0 saturated carbocycles. The van der Waals surface area contributed by atoms with Gasteiger partial charge in [0.2, 0.25) is 0 Å². The van der Waals surface area contributed by atoms with Gasteiger partial charge in [0.05, 0.1) is 20.3 Å². The first-order chi connectivity index (χ1) is 16.1. The number of nitrogens with zero attached hydrogens (tertiary/aromatic N) is 2. The third-order valence-electron chi connectivity index (χ3n) is 5.33. The number of carbonyl (C=O) groups excluding carboxylic acids is 1. The first kappa shape index (κ1) is 22.9. The number of pyridine rings is 1. The van der Waals surface area contributed by atoms with Gasteiger partial charge in [-0.3, -0.25) is 4.79 Å². The molecular formula is C25H26ClN3O4. The van der Waals surface area contributed by atoms with Crippen molar-refractivity contribution < 1.29 is 19.0 Å². The molecule has 33 heavy (non-hydrogen) atoms. The van der Waals surface area contributed by atoms with Gasteiger partial charge >= 0.3 is 0 Å². The summed E-state index contributed by atoms with van der Waals surface area (Å²) < 4.78 is 16.7. The van der Waals surface area contributed by atoms with Crippen molar-refractivity contribution in [1.29, 1.82) is 0 Å². The molecule has 0 atom stereocenters. The zero-order valence-electron chi connectivity index (χ0n) is 18.4. The lowest BCUT2D eigenvalue weighted by Crippen LogP contribution is -2.36. The number of halogens is 1. The molecule has 1 saturated heterocycles. The van der Waals surface area contributed by atoms with Gasteiger partial charge in [0.15, 0.2) is 11.5 Å². The first-order valence-electron chi connectivity index (χ1n) is 10.7. The minimum absolute atomic E-state index is 0.192. The lowest BCUT2D eigenvalue weighted by atomic mass is 10.1. The Labute approximate surface area is 198 Å². The number of benzene rings is 2. The summed E-state index contributed by atoms with van der Waals surface area (Å²) >= 11 is 5.92. The van der Waals surface area contributed by atoms with Crippen LogP contribution in [-0.4, -0.2) is 44.3 Å².